The van der Waals surface area contributed by atoms with E-state index in [1.807, 2.05) is 24.3 Å². The summed E-state index contributed by atoms with van der Waals surface area (Å²) in [5.74, 6) is -0.763. The minimum absolute atomic E-state index is 0.135. The normalized spacial score (nSPS) is 11.1. The molecule has 2 aromatic rings. The summed E-state index contributed by atoms with van der Waals surface area (Å²) in [5.41, 5.74) is 5.73. The Morgan fingerprint density at radius 2 is 2.29 bits per heavy atom. The Morgan fingerprint density at radius 3 is 2.94 bits per heavy atom. The van der Waals surface area contributed by atoms with Gasteiger partial charge in [-0.15, -0.1) is 0 Å². The third kappa shape index (κ3) is 2.41. The minimum Gasteiger partial charge on any atom is -0.365 e. The van der Waals surface area contributed by atoms with E-state index in [4.69, 9.17) is 11.0 Å². The van der Waals surface area contributed by atoms with E-state index in [1.165, 1.54) is 17.5 Å². The Balaban J connectivity index is 2.25. The molecular formula is C11H8N4OS. The standard InChI is InChI=1S/C11H8N4OS/c12-5-7(10(13)16)6-14-11-15-8-3-1-2-4-9(8)17-11/h1-4,6H,(H2,13,16)(H,14,15)/b7-6+. The molecule has 3 N–H and O–H groups in total. The molecule has 1 heterocycles. The number of benzene rings is 1. The number of para-hydroxylation sites is 1. The van der Waals surface area contributed by atoms with Gasteiger partial charge in [-0.2, -0.15) is 5.26 Å². The van der Waals surface area contributed by atoms with Crippen LogP contribution in [0.5, 0.6) is 0 Å². The van der Waals surface area contributed by atoms with Gasteiger partial charge in [-0.05, 0) is 12.1 Å². The van der Waals surface area contributed by atoms with Crippen molar-refractivity contribution in [1.29, 1.82) is 5.26 Å². The van der Waals surface area contributed by atoms with Gasteiger partial charge in [0.25, 0.3) is 5.91 Å². The van der Waals surface area contributed by atoms with Crippen molar-refractivity contribution in [1.82, 2.24) is 4.98 Å². The van der Waals surface area contributed by atoms with Crippen molar-refractivity contribution in [3.63, 3.8) is 0 Å². The summed E-state index contributed by atoms with van der Waals surface area (Å²) in [6.07, 6.45) is 1.26. The van der Waals surface area contributed by atoms with E-state index in [-0.39, 0.29) is 5.57 Å². The van der Waals surface area contributed by atoms with Gasteiger partial charge in [0.1, 0.15) is 11.6 Å². The fourth-order valence-corrected chi connectivity index (χ4v) is 2.06. The highest BCUT2D eigenvalue weighted by Gasteiger charge is 2.04. The zero-order chi connectivity index (χ0) is 12.3. The van der Waals surface area contributed by atoms with Gasteiger partial charge >= 0.3 is 0 Å². The van der Waals surface area contributed by atoms with Crippen molar-refractivity contribution in [2.24, 2.45) is 5.73 Å². The number of nitriles is 1. The number of hydrogen-bond donors (Lipinski definition) is 2. The molecule has 1 amide bonds. The van der Waals surface area contributed by atoms with E-state index in [2.05, 4.69) is 10.3 Å². The SMILES string of the molecule is N#C/C(=C\Nc1nc2ccccc2s1)C(N)=O. The van der Waals surface area contributed by atoms with Gasteiger partial charge in [0.2, 0.25) is 0 Å². The average Bonchev–Trinajstić information content (AvgIpc) is 2.71. The van der Waals surface area contributed by atoms with Crippen molar-refractivity contribution < 1.29 is 4.79 Å². The number of amides is 1. The lowest BCUT2D eigenvalue weighted by Crippen LogP contribution is -2.13. The first-order valence-corrected chi connectivity index (χ1v) is 5.54. The van der Waals surface area contributed by atoms with Crippen LogP contribution in [-0.4, -0.2) is 10.9 Å². The van der Waals surface area contributed by atoms with Crippen molar-refractivity contribution in [3.8, 4) is 6.07 Å². The van der Waals surface area contributed by atoms with Gasteiger partial charge in [0, 0.05) is 6.20 Å². The molecule has 0 bridgehead atoms. The maximum absolute atomic E-state index is 10.8. The third-order valence-electron chi connectivity index (χ3n) is 2.02. The van der Waals surface area contributed by atoms with Gasteiger partial charge in [-0.3, -0.25) is 4.79 Å². The second-order valence-corrected chi connectivity index (χ2v) is 4.20. The molecule has 0 spiro atoms. The van der Waals surface area contributed by atoms with E-state index >= 15 is 0 Å². The Kier molecular flexibility index (Phi) is 3.03. The third-order valence-corrected chi connectivity index (χ3v) is 2.99. The van der Waals surface area contributed by atoms with Crippen LogP contribution in [0.3, 0.4) is 0 Å². The summed E-state index contributed by atoms with van der Waals surface area (Å²) in [6.45, 7) is 0. The number of carbonyl (C=O) groups is 1. The number of nitrogens with one attached hydrogen (secondary N) is 1. The van der Waals surface area contributed by atoms with E-state index in [0.29, 0.717) is 5.13 Å². The van der Waals surface area contributed by atoms with E-state index in [1.54, 1.807) is 6.07 Å². The van der Waals surface area contributed by atoms with Gasteiger partial charge in [-0.25, -0.2) is 4.98 Å². The highest BCUT2D eigenvalue weighted by Crippen LogP contribution is 2.25. The molecule has 5 nitrogen and oxygen atoms in total. The molecule has 0 aliphatic carbocycles. The predicted octanol–water partition coefficient (Wildman–Crippen LogP) is 1.60. The molecule has 0 unspecified atom stereocenters. The lowest BCUT2D eigenvalue weighted by Gasteiger charge is -1.93. The fraction of sp³-hybridized carbons (Fsp3) is 0. The minimum atomic E-state index is -0.763. The quantitative estimate of drug-likeness (QED) is 0.633. The van der Waals surface area contributed by atoms with Gasteiger partial charge < -0.3 is 11.1 Å². The maximum atomic E-state index is 10.8. The number of nitrogens with two attached hydrogens (primary N) is 1. The lowest BCUT2D eigenvalue weighted by molar-refractivity contribution is -0.114. The molecule has 1 aromatic carbocycles. The summed E-state index contributed by atoms with van der Waals surface area (Å²) < 4.78 is 1.03. The number of carbonyl (C=O) groups excluding carboxylic acids is 1. The highest BCUT2D eigenvalue weighted by molar-refractivity contribution is 7.22. The first-order valence-electron chi connectivity index (χ1n) is 4.73. The Bertz CT molecular complexity index is 605. The van der Waals surface area contributed by atoms with Crippen LogP contribution >= 0.6 is 11.3 Å². The van der Waals surface area contributed by atoms with Crippen molar-refractivity contribution in [2.75, 3.05) is 5.32 Å². The monoisotopic (exact) mass is 244 g/mol. The van der Waals surface area contributed by atoms with E-state index < -0.39 is 5.91 Å². The first kappa shape index (κ1) is 11.1. The number of rotatable bonds is 3. The Labute approximate surface area is 101 Å². The number of primary amides is 1. The van der Waals surface area contributed by atoms with E-state index in [0.717, 1.165) is 10.2 Å². The van der Waals surface area contributed by atoms with Crippen LogP contribution in [-0.2, 0) is 4.79 Å². The predicted molar refractivity (Wildman–Crippen MR) is 66.1 cm³/mol. The summed E-state index contributed by atoms with van der Waals surface area (Å²) in [6, 6.07) is 9.36. The molecule has 6 heteroatoms. The van der Waals surface area contributed by atoms with Gasteiger partial charge in [0.15, 0.2) is 5.13 Å². The number of anilines is 1. The molecule has 0 radical (unpaired) electrons. The van der Waals surface area contributed by atoms with Crippen molar-refractivity contribution in [2.45, 2.75) is 0 Å². The van der Waals surface area contributed by atoms with Crippen molar-refractivity contribution in [3.05, 3.63) is 36.0 Å². The van der Waals surface area contributed by atoms with E-state index in [9.17, 15) is 4.79 Å². The number of fused-ring (bicyclic) bond motifs is 1. The smallest absolute Gasteiger partial charge is 0.260 e. The van der Waals surface area contributed by atoms with Crippen LogP contribution in [0.2, 0.25) is 0 Å². The van der Waals surface area contributed by atoms with Crippen LogP contribution in [0.15, 0.2) is 36.0 Å². The molecule has 0 saturated heterocycles. The molecule has 0 atom stereocenters. The summed E-state index contributed by atoms with van der Waals surface area (Å²) >= 11 is 1.43. The number of thiazole rings is 1. The van der Waals surface area contributed by atoms with Crippen LogP contribution in [0, 0.1) is 11.3 Å². The molecule has 17 heavy (non-hydrogen) atoms. The summed E-state index contributed by atoms with van der Waals surface area (Å²) in [4.78, 5) is 15.1. The van der Waals surface area contributed by atoms with Crippen LogP contribution in [0.1, 0.15) is 0 Å². The summed E-state index contributed by atoms with van der Waals surface area (Å²) in [7, 11) is 0. The number of nitrogens with zero attached hydrogens (tertiary/aromatic N) is 2. The Hall–Kier alpha value is -2.39. The molecule has 1 aromatic heterocycles. The molecule has 0 aliphatic heterocycles. The molecule has 84 valence electrons. The molecule has 0 aliphatic rings. The first-order chi connectivity index (χ1) is 8.20. The number of hydrogen-bond acceptors (Lipinski definition) is 5. The van der Waals surface area contributed by atoms with Crippen LogP contribution in [0.4, 0.5) is 5.13 Å². The lowest BCUT2D eigenvalue weighted by atomic mass is 10.3. The second kappa shape index (κ2) is 4.63. The zero-order valence-electron chi connectivity index (χ0n) is 8.68. The number of aromatic nitrogens is 1. The molecular weight excluding hydrogens is 236 g/mol. The topological polar surface area (TPSA) is 91.8 Å². The molecule has 0 fully saturated rings. The van der Waals surface area contributed by atoms with Gasteiger partial charge in [0.05, 0.1) is 10.2 Å². The largest absolute Gasteiger partial charge is 0.365 e. The molecule has 2 rings (SSSR count). The fourth-order valence-electron chi connectivity index (χ4n) is 1.23. The van der Waals surface area contributed by atoms with Crippen molar-refractivity contribution >= 4 is 32.6 Å². The summed E-state index contributed by atoms with van der Waals surface area (Å²) in [5, 5.41) is 12.0. The van der Waals surface area contributed by atoms with Crippen LogP contribution in [0.25, 0.3) is 10.2 Å². The average molecular weight is 244 g/mol. The van der Waals surface area contributed by atoms with Gasteiger partial charge in [-0.1, -0.05) is 23.5 Å². The Morgan fingerprint density at radius 1 is 1.53 bits per heavy atom. The molecule has 0 saturated carbocycles. The zero-order valence-corrected chi connectivity index (χ0v) is 9.49. The van der Waals surface area contributed by atoms with Crippen LogP contribution < -0.4 is 11.1 Å². The maximum Gasteiger partial charge on any atom is 0.260 e. The highest BCUT2D eigenvalue weighted by atomic mass is 32.1. The second-order valence-electron chi connectivity index (χ2n) is 3.17.